The number of ether oxygens (including phenoxy) is 1. The van der Waals surface area contributed by atoms with Crippen LogP contribution >= 0.6 is 11.3 Å². The zero-order valence-electron chi connectivity index (χ0n) is 13.2. The second-order valence-corrected chi connectivity index (χ2v) is 7.57. The van der Waals surface area contributed by atoms with Crippen molar-refractivity contribution in [2.45, 2.75) is 27.2 Å². The van der Waals surface area contributed by atoms with E-state index in [4.69, 9.17) is 4.74 Å². The van der Waals surface area contributed by atoms with Crippen LogP contribution in [0.3, 0.4) is 0 Å². The maximum atomic E-state index is 12.3. The van der Waals surface area contributed by atoms with Gasteiger partial charge in [-0.05, 0) is 54.7 Å². The summed E-state index contributed by atoms with van der Waals surface area (Å²) in [5.74, 6) is 0.928. The van der Waals surface area contributed by atoms with Gasteiger partial charge in [-0.1, -0.05) is 13.8 Å². The highest BCUT2D eigenvalue weighted by atomic mass is 32.1. The Kier molecular flexibility index (Phi) is 3.96. The molecule has 0 fully saturated rings. The molecule has 0 aliphatic carbocycles. The number of thiophene rings is 1. The molecule has 0 saturated heterocycles. The molecule has 116 valence electrons. The predicted molar refractivity (Wildman–Crippen MR) is 90.7 cm³/mol. The molecule has 3 rings (SSSR count). The quantitative estimate of drug-likeness (QED) is 0.925. The summed E-state index contributed by atoms with van der Waals surface area (Å²) in [6.45, 7) is 7.76. The molecule has 1 amide bonds. The average Bonchev–Trinajstić information content (AvgIpc) is 2.85. The maximum absolute atomic E-state index is 12.3. The molecule has 4 heteroatoms. The maximum Gasteiger partial charge on any atom is 0.252 e. The van der Waals surface area contributed by atoms with E-state index in [9.17, 15) is 4.79 Å². The van der Waals surface area contributed by atoms with Crippen LogP contribution in [0.4, 0.5) is 0 Å². The van der Waals surface area contributed by atoms with Gasteiger partial charge in [0.25, 0.3) is 5.91 Å². The van der Waals surface area contributed by atoms with Crippen LogP contribution in [0.2, 0.25) is 0 Å². The lowest BCUT2D eigenvalue weighted by Crippen LogP contribution is -2.31. The van der Waals surface area contributed by atoms with E-state index in [-0.39, 0.29) is 11.3 Å². The van der Waals surface area contributed by atoms with Crippen molar-refractivity contribution in [1.82, 2.24) is 5.32 Å². The van der Waals surface area contributed by atoms with Crippen LogP contribution in [0, 0.1) is 5.41 Å². The fourth-order valence-corrected chi connectivity index (χ4v) is 4.11. The topological polar surface area (TPSA) is 38.3 Å². The lowest BCUT2D eigenvalue weighted by molar-refractivity contribution is 0.0945. The number of fused-ring (bicyclic) bond motifs is 1. The highest BCUT2D eigenvalue weighted by molar-refractivity contribution is 7.15. The van der Waals surface area contributed by atoms with Gasteiger partial charge < -0.3 is 10.1 Å². The SMILES string of the molecule is CCOc1ccc(-c2cc3c(s2)CC(C)(C)CNC3=O)cc1. The van der Waals surface area contributed by atoms with Gasteiger partial charge in [-0.25, -0.2) is 0 Å². The number of amides is 1. The molecule has 3 nitrogen and oxygen atoms in total. The summed E-state index contributed by atoms with van der Waals surface area (Å²) in [5.41, 5.74) is 2.06. The normalized spacial score (nSPS) is 16.6. The number of carbonyl (C=O) groups excluding carboxylic acids is 1. The van der Waals surface area contributed by atoms with Crippen molar-refractivity contribution in [2.24, 2.45) is 5.41 Å². The van der Waals surface area contributed by atoms with E-state index in [0.717, 1.165) is 34.7 Å². The third kappa shape index (κ3) is 3.02. The third-order valence-corrected chi connectivity index (χ3v) is 5.05. The van der Waals surface area contributed by atoms with Crippen LogP contribution in [-0.4, -0.2) is 19.1 Å². The largest absolute Gasteiger partial charge is 0.494 e. The number of hydrogen-bond donors (Lipinski definition) is 1. The van der Waals surface area contributed by atoms with Crippen molar-refractivity contribution in [3.63, 3.8) is 0 Å². The van der Waals surface area contributed by atoms with E-state index in [1.54, 1.807) is 11.3 Å². The van der Waals surface area contributed by atoms with Crippen LogP contribution in [0.15, 0.2) is 30.3 Å². The molecule has 22 heavy (non-hydrogen) atoms. The molecule has 0 atom stereocenters. The van der Waals surface area contributed by atoms with Crippen molar-refractivity contribution in [1.29, 1.82) is 0 Å². The van der Waals surface area contributed by atoms with Crippen molar-refractivity contribution in [3.8, 4) is 16.2 Å². The van der Waals surface area contributed by atoms with Gasteiger partial charge in [0.15, 0.2) is 0 Å². The van der Waals surface area contributed by atoms with Crippen molar-refractivity contribution in [3.05, 3.63) is 40.8 Å². The molecule has 1 aliphatic heterocycles. The zero-order chi connectivity index (χ0) is 15.7. The van der Waals surface area contributed by atoms with Gasteiger partial charge in [0.1, 0.15) is 5.75 Å². The zero-order valence-corrected chi connectivity index (χ0v) is 14.0. The number of nitrogens with one attached hydrogen (secondary N) is 1. The van der Waals surface area contributed by atoms with Gasteiger partial charge in [0.2, 0.25) is 0 Å². The van der Waals surface area contributed by atoms with E-state index >= 15 is 0 Å². The Bertz CT molecular complexity index is 686. The Morgan fingerprint density at radius 2 is 2.00 bits per heavy atom. The standard InChI is InChI=1S/C18H21NO2S/c1-4-21-13-7-5-12(6-8-13)15-9-14-16(22-15)10-18(2,3)11-19-17(14)20/h5-9H,4,10-11H2,1-3H3,(H,19,20). The highest BCUT2D eigenvalue weighted by Crippen LogP contribution is 2.37. The second kappa shape index (κ2) is 5.76. The fourth-order valence-electron chi connectivity index (χ4n) is 2.69. The van der Waals surface area contributed by atoms with Crippen molar-refractivity contribution >= 4 is 17.2 Å². The number of carbonyl (C=O) groups is 1. The molecule has 2 aromatic rings. The van der Waals surface area contributed by atoms with E-state index < -0.39 is 0 Å². The molecule has 0 spiro atoms. The summed E-state index contributed by atoms with van der Waals surface area (Å²) < 4.78 is 5.48. The van der Waals surface area contributed by atoms with E-state index in [1.165, 1.54) is 4.88 Å². The Morgan fingerprint density at radius 1 is 1.27 bits per heavy atom. The lowest BCUT2D eigenvalue weighted by Gasteiger charge is -2.21. The molecule has 1 aromatic carbocycles. The molecule has 0 bridgehead atoms. The minimum absolute atomic E-state index is 0.0500. The van der Waals surface area contributed by atoms with Gasteiger partial charge in [-0.2, -0.15) is 0 Å². The van der Waals surface area contributed by atoms with Gasteiger partial charge in [-0.3, -0.25) is 4.79 Å². The molecule has 1 N–H and O–H groups in total. The Morgan fingerprint density at radius 3 is 2.68 bits per heavy atom. The second-order valence-electron chi connectivity index (χ2n) is 6.43. The average molecular weight is 315 g/mol. The van der Waals surface area contributed by atoms with Crippen LogP contribution < -0.4 is 10.1 Å². The minimum atomic E-state index is 0.0500. The Balaban J connectivity index is 1.93. The monoisotopic (exact) mass is 315 g/mol. The molecule has 1 aromatic heterocycles. The summed E-state index contributed by atoms with van der Waals surface area (Å²) in [4.78, 5) is 14.6. The first-order chi connectivity index (χ1) is 10.5. The number of benzene rings is 1. The van der Waals surface area contributed by atoms with Gasteiger partial charge in [0.05, 0.1) is 12.2 Å². The summed E-state index contributed by atoms with van der Waals surface area (Å²) in [5, 5.41) is 3.03. The smallest absolute Gasteiger partial charge is 0.252 e. The summed E-state index contributed by atoms with van der Waals surface area (Å²) >= 11 is 1.73. The first-order valence-corrected chi connectivity index (χ1v) is 8.44. The first-order valence-electron chi connectivity index (χ1n) is 7.63. The number of rotatable bonds is 3. The fraction of sp³-hybridized carbons (Fsp3) is 0.389. The minimum Gasteiger partial charge on any atom is -0.494 e. The van der Waals surface area contributed by atoms with Crippen LogP contribution in [0.5, 0.6) is 5.75 Å². The lowest BCUT2D eigenvalue weighted by atomic mass is 9.89. The van der Waals surface area contributed by atoms with E-state index in [1.807, 2.05) is 25.1 Å². The number of hydrogen-bond acceptors (Lipinski definition) is 3. The molecule has 0 saturated carbocycles. The summed E-state index contributed by atoms with van der Waals surface area (Å²) in [6, 6.07) is 10.1. The predicted octanol–water partition coefficient (Wildman–Crippen LogP) is 4.13. The molecule has 1 aliphatic rings. The Labute approximate surface area is 135 Å². The van der Waals surface area contributed by atoms with Crippen LogP contribution in [0.1, 0.15) is 36.0 Å². The van der Waals surface area contributed by atoms with Crippen LogP contribution in [0.25, 0.3) is 10.4 Å². The van der Waals surface area contributed by atoms with E-state index in [0.29, 0.717) is 6.61 Å². The van der Waals surface area contributed by atoms with E-state index in [2.05, 4.69) is 31.3 Å². The third-order valence-electron chi connectivity index (χ3n) is 3.87. The van der Waals surface area contributed by atoms with Crippen molar-refractivity contribution in [2.75, 3.05) is 13.2 Å². The van der Waals surface area contributed by atoms with Crippen molar-refractivity contribution < 1.29 is 9.53 Å². The Hall–Kier alpha value is -1.81. The van der Waals surface area contributed by atoms with Crippen LogP contribution in [-0.2, 0) is 6.42 Å². The summed E-state index contributed by atoms with van der Waals surface area (Å²) in [6.07, 6.45) is 0.933. The molecular weight excluding hydrogens is 294 g/mol. The summed E-state index contributed by atoms with van der Waals surface area (Å²) in [7, 11) is 0. The molecule has 0 unspecified atom stereocenters. The molecular formula is C18H21NO2S. The van der Waals surface area contributed by atoms with Gasteiger partial charge >= 0.3 is 0 Å². The highest BCUT2D eigenvalue weighted by Gasteiger charge is 2.29. The first kappa shape index (κ1) is 15.1. The molecule has 2 heterocycles. The van der Waals surface area contributed by atoms with Gasteiger partial charge in [-0.15, -0.1) is 11.3 Å². The van der Waals surface area contributed by atoms with Gasteiger partial charge in [0, 0.05) is 16.3 Å². The molecule has 0 radical (unpaired) electrons.